The van der Waals surface area contributed by atoms with E-state index in [9.17, 15) is 0 Å². The van der Waals surface area contributed by atoms with E-state index < -0.39 is 0 Å². The fourth-order valence-electron chi connectivity index (χ4n) is 2.36. The molecule has 0 atom stereocenters. The van der Waals surface area contributed by atoms with Crippen LogP contribution in [0.15, 0.2) is 36.7 Å². The van der Waals surface area contributed by atoms with E-state index in [0.29, 0.717) is 0 Å². The molecule has 1 heterocycles. The van der Waals surface area contributed by atoms with Gasteiger partial charge in [-0.05, 0) is 18.4 Å². The molecule has 1 N–H and O–H groups in total. The predicted molar refractivity (Wildman–Crippen MR) is 81.1 cm³/mol. The van der Waals surface area contributed by atoms with E-state index in [1.165, 1.54) is 50.5 Å². The molecule has 0 radical (unpaired) electrons. The van der Waals surface area contributed by atoms with Crippen molar-refractivity contribution in [3.8, 4) is 11.4 Å². The van der Waals surface area contributed by atoms with Crippen molar-refractivity contribution in [3.05, 3.63) is 42.2 Å². The van der Waals surface area contributed by atoms with Crippen molar-refractivity contribution >= 4 is 0 Å². The molecule has 2 heteroatoms. The van der Waals surface area contributed by atoms with Crippen LogP contribution in [0.5, 0.6) is 0 Å². The average molecular weight is 256 g/mol. The minimum absolute atomic E-state index is 0.950. The zero-order valence-corrected chi connectivity index (χ0v) is 11.9. The number of imidazole rings is 1. The first kappa shape index (κ1) is 13.9. The number of nitrogens with zero attached hydrogens (tertiary/aromatic N) is 1. The number of unbranched alkanes of at least 4 members (excludes halogenated alkanes) is 5. The molecule has 1 aromatic carbocycles. The number of aromatic nitrogens is 2. The molecule has 0 aliphatic rings. The molecule has 0 saturated carbocycles. The Bertz CT molecular complexity index is 443. The molecule has 2 aromatic rings. The van der Waals surface area contributed by atoms with Gasteiger partial charge in [-0.1, -0.05) is 63.3 Å². The molecule has 2 rings (SSSR count). The Morgan fingerprint density at radius 3 is 2.37 bits per heavy atom. The highest BCUT2D eigenvalue weighted by Crippen LogP contribution is 2.16. The largest absolute Gasteiger partial charge is 0.345 e. The summed E-state index contributed by atoms with van der Waals surface area (Å²) < 4.78 is 0. The number of hydrogen-bond donors (Lipinski definition) is 1. The van der Waals surface area contributed by atoms with E-state index in [4.69, 9.17) is 0 Å². The fraction of sp³-hybridized carbons (Fsp3) is 0.471. The highest BCUT2D eigenvalue weighted by molar-refractivity contribution is 5.55. The first-order valence-electron chi connectivity index (χ1n) is 7.49. The minimum atomic E-state index is 0.950. The number of rotatable bonds is 8. The number of aryl methyl sites for hydroxylation is 1. The molecule has 0 unspecified atom stereocenters. The summed E-state index contributed by atoms with van der Waals surface area (Å²) in [5.74, 6) is 0.950. The van der Waals surface area contributed by atoms with Gasteiger partial charge in [0.25, 0.3) is 0 Å². The van der Waals surface area contributed by atoms with E-state index in [0.717, 1.165) is 11.4 Å². The number of aromatic amines is 1. The fourth-order valence-corrected chi connectivity index (χ4v) is 2.36. The number of nitrogens with one attached hydrogen (secondary N) is 1. The van der Waals surface area contributed by atoms with Crippen LogP contribution < -0.4 is 0 Å². The predicted octanol–water partition coefficient (Wildman–Crippen LogP) is 4.98. The maximum Gasteiger partial charge on any atom is 0.137 e. The van der Waals surface area contributed by atoms with E-state index in [2.05, 4.69) is 41.2 Å². The van der Waals surface area contributed by atoms with Crippen molar-refractivity contribution < 1.29 is 0 Å². The van der Waals surface area contributed by atoms with E-state index in [1.54, 1.807) is 6.20 Å². The van der Waals surface area contributed by atoms with Crippen LogP contribution >= 0.6 is 0 Å². The molecule has 19 heavy (non-hydrogen) atoms. The molecule has 1 aromatic heterocycles. The van der Waals surface area contributed by atoms with Crippen LogP contribution in [-0.4, -0.2) is 9.97 Å². The van der Waals surface area contributed by atoms with Gasteiger partial charge in [0.1, 0.15) is 5.82 Å². The van der Waals surface area contributed by atoms with Crippen molar-refractivity contribution in [3.63, 3.8) is 0 Å². The summed E-state index contributed by atoms with van der Waals surface area (Å²) in [6.45, 7) is 2.26. The highest BCUT2D eigenvalue weighted by atomic mass is 14.9. The summed E-state index contributed by atoms with van der Waals surface area (Å²) in [6.07, 6.45) is 13.0. The molecule has 0 fully saturated rings. The van der Waals surface area contributed by atoms with Crippen LogP contribution in [0.3, 0.4) is 0 Å². The molecule has 0 saturated heterocycles. The maximum atomic E-state index is 4.26. The SMILES string of the molecule is CCCCCCCCc1ccc(-c2ncc[nH]2)cc1. The van der Waals surface area contributed by atoms with Crippen molar-refractivity contribution in [2.24, 2.45) is 0 Å². The van der Waals surface area contributed by atoms with E-state index in [1.807, 2.05) is 6.20 Å². The summed E-state index contributed by atoms with van der Waals surface area (Å²) in [6, 6.07) is 8.77. The van der Waals surface area contributed by atoms with Gasteiger partial charge in [-0.3, -0.25) is 0 Å². The molecule has 102 valence electrons. The highest BCUT2D eigenvalue weighted by Gasteiger charge is 1.99. The lowest BCUT2D eigenvalue weighted by Gasteiger charge is -2.03. The average Bonchev–Trinajstić information content (AvgIpc) is 2.97. The number of hydrogen-bond acceptors (Lipinski definition) is 1. The second-order valence-electron chi connectivity index (χ2n) is 5.15. The van der Waals surface area contributed by atoms with Crippen LogP contribution in [0.2, 0.25) is 0 Å². The topological polar surface area (TPSA) is 28.7 Å². The smallest absolute Gasteiger partial charge is 0.137 e. The first-order valence-corrected chi connectivity index (χ1v) is 7.49. The molecule has 0 aliphatic carbocycles. The zero-order valence-electron chi connectivity index (χ0n) is 11.9. The monoisotopic (exact) mass is 256 g/mol. The minimum Gasteiger partial charge on any atom is -0.345 e. The quantitative estimate of drug-likeness (QED) is 0.663. The van der Waals surface area contributed by atoms with Crippen LogP contribution in [0.25, 0.3) is 11.4 Å². The van der Waals surface area contributed by atoms with Gasteiger partial charge in [0, 0.05) is 18.0 Å². The first-order chi connectivity index (χ1) is 9.40. The Hall–Kier alpha value is -1.57. The molecule has 0 amide bonds. The van der Waals surface area contributed by atoms with Crippen LogP contribution in [0, 0.1) is 0 Å². The molecule has 0 spiro atoms. The molecule has 0 aliphatic heterocycles. The summed E-state index contributed by atoms with van der Waals surface area (Å²) >= 11 is 0. The third-order valence-corrected chi connectivity index (χ3v) is 3.54. The van der Waals surface area contributed by atoms with Gasteiger partial charge in [-0.15, -0.1) is 0 Å². The van der Waals surface area contributed by atoms with Crippen molar-refractivity contribution in [1.82, 2.24) is 9.97 Å². The Morgan fingerprint density at radius 2 is 1.68 bits per heavy atom. The van der Waals surface area contributed by atoms with E-state index >= 15 is 0 Å². The summed E-state index contributed by atoms with van der Waals surface area (Å²) in [7, 11) is 0. The van der Waals surface area contributed by atoms with Crippen molar-refractivity contribution in [1.29, 1.82) is 0 Å². The van der Waals surface area contributed by atoms with Gasteiger partial charge in [0.2, 0.25) is 0 Å². The zero-order chi connectivity index (χ0) is 13.3. The third kappa shape index (κ3) is 4.55. The van der Waals surface area contributed by atoms with Gasteiger partial charge in [0.15, 0.2) is 0 Å². The molecular weight excluding hydrogens is 232 g/mol. The lowest BCUT2D eigenvalue weighted by atomic mass is 10.0. The Balaban J connectivity index is 1.73. The Kier molecular flexibility index (Phi) is 5.67. The van der Waals surface area contributed by atoms with Gasteiger partial charge in [-0.2, -0.15) is 0 Å². The van der Waals surface area contributed by atoms with Crippen LogP contribution in [0.1, 0.15) is 51.0 Å². The van der Waals surface area contributed by atoms with Crippen LogP contribution in [0.4, 0.5) is 0 Å². The maximum absolute atomic E-state index is 4.26. The van der Waals surface area contributed by atoms with Gasteiger partial charge < -0.3 is 4.98 Å². The summed E-state index contributed by atoms with van der Waals surface area (Å²) in [5.41, 5.74) is 2.60. The molecule has 0 bridgehead atoms. The van der Waals surface area contributed by atoms with Crippen molar-refractivity contribution in [2.75, 3.05) is 0 Å². The lowest BCUT2D eigenvalue weighted by molar-refractivity contribution is 0.607. The second kappa shape index (κ2) is 7.78. The van der Waals surface area contributed by atoms with Gasteiger partial charge >= 0.3 is 0 Å². The van der Waals surface area contributed by atoms with Gasteiger partial charge in [0.05, 0.1) is 0 Å². The van der Waals surface area contributed by atoms with E-state index in [-0.39, 0.29) is 0 Å². The molecule has 2 nitrogen and oxygen atoms in total. The van der Waals surface area contributed by atoms with Gasteiger partial charge in [-0.25, -0.2) is 4.98 Å². The Labute approximate surface area is 116 Å². The second-order valence-corrected chi connectivity index (χ2v) is 5.15. The standard InChI is InChI=1S/C17H24N2/c1-2-3-4-5-6-7-8-15-9-11-16(12-10-15)17-18-13-14-19-17/h9-14H,2-8H2,1H3,(H,18,19). The van der Waals surface area contributed by atoms with Crippen molar-refractivity contribution in [2.45, 2.75) is 51.9 Å². The Morgan fingerprint density at radius 1 is 0.947 bits per heavy atom. The molecular formula is C17H24N2. The summed E-state index contributed by atoms with van der Waals surface area (Å²) in [5, 5.41) is 0. The normalized spacial score (nSPS) is 10.8. The number of H-pyrrole nitrogens is 1. The lowest BCUT2D eigenvalue weighted by Crippen LogP contribution is -1.87. The van der Waals surface area contributed by atoms with Crippen LogP contribution in [-0.2, 0) is 6.42 Å². The number of benzene rings is 1. The summed E-state index contributed by atoms with van der Waals surface area (Å²) in [4.78, 5) is 7.40. The third-order valence-electron chi connectivity index (χ3n) is 3.54.